The largest absolute Gasteiger partial charge is 0.390 e. The minimum absolute atomic E-state index is 0.0442. The van der Waals surface area contributed by atoms with Crippen LogP contribution in [0.5, 0.6) is 0 Å². The van der Waals surface area contributed by atoms with E-state index in [2.05, 4.69) is 28.8 Å². The molecule has 4 nitrogen and oxygen atoms in total. The molecule has 1 aromatic rings. The smallest absolute Gasteiger partial charge is 0.147 e. The van der Waals surface area contributed by atoms with Crippen LogP contribution in [0.2, 0.25) is 0 Å². The highest BCUT2D eigenvalue weighted by atomic mass is 16.3. The van der Waals surface area contributed by atoms with Crippen LogP contribution in [-0.4, -0.2) is 28.2 Å². The van der Waals surface area contributed by atoms with E-state index in [4.69, 9.17) is 5.11 Å². The van der Waals surface area contributed by atoms with Gasteiger partial charge in [0, 0.05) is 13.1 Å². The number of anilines is 1. The van der Waals surface area contributed by atoms with Crippen LogP contribution in [0.3, 0.4) is 0 Å². The summed E-state index contributed by atoms with van der Waals surface area (Å²) < 4.78 is 0. The zero-order valence-electron chi connectivity index (χ0n) is 10.6. The summed E-state index contributed by atoms with van der Waals surface area (Å²) in [5, 5.41) is 8.93. The summed E-state index contributed by atoms with van der Waals surface area (Å²) in [7, 11) is 2.09. The van der Waals surface area contributed by atoms with Crippen LogP contribution in [0.15, 0.2) is 12.4 Å². The van der Waals surface area contributed by atoms with Gasteiger partial charge in [-0.25, -0.2) is 4.98 Å². The van der Waals surface area contributed by atoms with E-state index in [0.717, 1.165) is 11.7 Å². The number of nitrogens with zero attached hydrogens (tertiary/aromatic N) is 3. The van der Waals surface area contributed by atoms with E-state index in [9.17, 15) is 0 Å². The van der Waals surface area contributed by atoms with Gasteiger partial charge >= 0.3 is 0 Å². The van der Waals surface area contributed by atoms with Crippen molar-refractivity contribution in [3.05, 3.63) is 18.1 Å². The third-order valence-electron chi connectivity index (χ3n) is 3.67. The van der Waals surface area contributed by atoms with Crippen molar-refractivity contribution in [2.75, 3.05) is 11.9 Å². The third kappa shape index (κ3) is 2.94. The molecule has 0 aromatic carbocycles. The predicted octanol–water partition coefficient (Wildman–Crippen LogP) is 1.98. The molecule has 1 saturated carbocycles. The highest BCUT2D eigenvalue weighted by Crippen LogP contribution is 2.28. The number of aliphatic hydroxyl groups is 1. The van der Waals surface area contributed by atoms with Gasteiger partial charge in [-0.3, -0.25) is 4.98 Å². The standard InChI is InChI=1S/C13H21N3O/c1-10-4-3-5-12(6-10)16(2)13-8-14-11(9-17)7-15-13/h7-8,10,12,17H,3-6,9H2,1-2H3. The molecule has 0 spiro atoms. The van der Waals surface area contributed by atoms with Gasteiger partial charge in [-0.1, -0.05) is 19.8 Å². The molecule has 0 saturated heterocycles. The van der Waals surface area contributed by atoms with Crippen molar-refractivity contribution >= 4 is 5.82 Å². The summed E-state index contributed by atoms with van der Waals surface area (Å²) in [6.45, 7) is 2.28. The molecule has 1 aromatic heterocycles. The summed E-state index contributed by atoms with van der Waals surface area (Å²) in [6.07, 6.45) is 8.53. The molecule has 2 rings (SSSR count). The van der Waals surface area contributed by atoms with Crippen molar-refractivity contribution in [1.29, 1.82) is 0 Å². The summed E-state index contributed by atoms with van der Waals surface area (Å²) in [4.78, 5) is 10.8. The molecule has 1 aliphatic rings. The fourth-order valence-electron chi connectivity index (χ4n) is 2.55. The molecule has 17 heavy (non-hydrogen) atoms. The Labute approximate surface area is 103 Å². The Morgan fingerprint density at radius 1 is 1.35 bits per heavy atom. The lowest BCUT2D eigenvalue weighted by atomic mass is 9.86. The van der Waals surface area contributed by atoms with Crippen LogP contribution >= 0.6 is 0 Å². The van der Waals surface area contributed by atoms with Crippen molar-refractivity contribution < 1.29 is 5.11 Å². The lowest BCUT2D eigenvalue weighted by Gasteiger charge is -2.34. The van der Waals surface area contributed by atoms with Crippen LogP contribution in [0, 0.1) is 5.92 Å². The molecule has 2 atom stereocenters. The molecule has 0 aliphatic heterocycles. The minimum atomic E-state index is -0.0442. The van der Waals surface area contributed by atoms with Crippen molar-refractivity contribution in [3.63, 3.8) is 0 Å². The first-order chi connectivity index (χ1) is 8.20. The van der Waals surface area contributed by atoms with Crippen LogP contribution in [0.1, 0.15) is 38.3 Å². The van der Waals surface area contributed by atoms with Gasteiger partial charge in [-0.15, -0.1) is 0 Å². The van der Waals surface area contributed by atoms with E-state index in [1.165, 1.54) is 25.7 Å². The summed E-state index contributed by atoms with van der Waals surface area (Å²) in [5.74, 6) is 1.71. The summed E-state index contributed by atoms with van der Waals surface area (Å²) in [5.41, 5.74) is 0.624. The van der Waals surface area contributed by atoms with Gasteiger partial charge in [0.15, 0.2) is 0 Å². The van der Waals surface area contributed by atoms with Gasteiger partial charge < -0.3 is 10.0 Å². The second kappa shape index (κ2) is 5.45. The maximum absolute atomic E-state index is 8.93. The Hall–Kier alpha value is -1.16. The van der Waals surface area contributed by atoms with Crippen molar-refractivity contribution in [2.24, 2.45) is 5.92 Å². The normalized spacial score (nSPS) is 24.6. The van der Waals surface area contributed by atoms with Crippen LogP contribution in [-0.2, 0) is 6.61 Å². The second-order valence-corrected chi connectivity index (χ2v) is 5.06. The molecule has 1 fully saturated rings. The van der Waals surface area contributed by atoms with Crippen molar-refractivity contribution in [1.82, 2.24) is 9.97 Å². The zero-order valence-corrected chi connectivity index (χ0v) is 10.6. The molecule has 0 bridgehead atoms. The van der Waals surface area contributed by atoms with Crippen LogP contribution < -0.4 is 4.90 Å². The van der Waals surface area contributed by atoms with Crippen molar-refractivity contribution in [2.45, 2.75) is 45.3 Å². The fraction of sp³-hybridized carbons (Fsp3) is 0.692. The number of hydrogen-bond acceptors (Lipinski definition) is 4. The van der Waals surface area contributed by atoms with E-state index in [1.807, 2.05) is 0 Å². The first-order valence-electron chi connectivity index (χ1n) is 6.35. The minimum Gasteiger partial charge on any atom is -0.390 e. The quantitative estimate of drug-likeness (QED) is 0.870. The molecule has 4 heteroatoms. The maximum atomic E-state index is 8.93. The second-order valence-electron chi connectivity index (χ2n) is 5.06. The van der Waals surface area contributed by atoms with Crippen molar-refractivity contribution in [3.8, 4) is 0 Å². The van der Waals surface area contributed by atoms with Gasteiger partial charge in [-0.05, 0) is 18.8 Å². The SMILES string of the molecule is CC1CCCC(N(C)c2cnc(CO)cn2)C1. The summed E-state index contributed by atoms with van der Waals surface area (Å²) in [6, 6.07) is 0.577. The zero-order chi connectivity index (χ0) is 12.3. The Morgan fingerprint density at radius 2 is 2.18 bits per heavy atom. The fourth-order valence-corrected chi connectivity index (χ4v) is 2.55. The van der Waals surface area contributed by atoms with E-state index in [0.29, 0.717) is 11.7 Å². The van der Waals surface area contributed by atoms with E-state index < -0.39 is 0 Å². The average Bonchev–Trinajstić information content (AvgIpc) is 2.38. The number of aromatic nitrogens is 2. The topological polar surface area (TPSA) is 49.2 Å². The number of hydrogen-bond donors (Lipinski definition) is 1. The Kier molecular flexibility index (Phi) is 3.94. The molecule has 0 radical (unpaired) electrons. The predicted molar refractivity (Wildman–Crippen MR) is 67.8 cm³/mol. The molecule has 2 unspecified atom stereocenters. The first-order valence-corrected chi connectivity index (χ1v) is 6.35. The van der Waals surface area contributed by atoms with Gasteiger partial charge in [0.25, 0.3) is 0 Å². The number of aliphatic hydroxyl groups excluding tert-OH is 1. The van der Waals surface area contributed by atoms with Crippen LogP contribution in [0.4, 0.5) is 5.82 Å². The third-order valence-corrected chi connectivity index (χ3v) is 3.67. The molecule has 0 amide bonds. The monoisotopic (exact) mass is 235 g/mol. The van der Waals surface area contributed by atoms with E-state index in [-0.39, 0.29) is 6.61 Å². The summed E-state index contributed by atoms with van der Waals surface area (Å²) >= 11 is 0. The van der Waals surface area contributed by atoms with Gasteiger partial charge in [0.2, 0.25) is 0 Å². The Morgan fingerprint density at radius 3 is 2.76 bits per heavy atom. The maximum Gasteiger partial charge on any atom is 0.147 e. The average molecular weight is 235 g/mol. The molecule has 94 valence electrons. The van der Waals surface area contributed by atoms with E-state index in [1.54, 1.807) is 12.4 Å². The molecule has 1 aliphatic carbocycles. The first kappa shape index (κ1) is 12.3. The van der Waals surface area contributed by atoms with Gasteiger partial charge in [0.05, 0.1) is 24.7 Å². The number of rotatable bonds is 3. The molecule has 1 N–H and O–H groups in total. The molecular formula is C13H21N3O. The highest BCUT2D eigenvalue weighted by molar-refractivity contribution is 5.36. The Balaban J connectivity index is 2.04. The Bertz CT molecular complexity index is 352. The van der Waals surface area contributed by atoms with Gasteiger partial charge in [-0.2, -0.15) is 0 Å². The highest BCUT2D eigenvalue weighted by Gasteiger charge is 2.23. The van der Waals surface area contributed by atoms with Crippen LogP contribution in [0.25, 0.3) is 0 Å². The molecular weight excluding hydrogens is 214 g/mol. The molecule has 1 heterocycles. The van der Waals surface area contributed by atoms with Gasteiger partial charge in [0.1, 0.15) is 5.82 Å². The lowest BCUT2D eigenvalue weighted by molar-refractivity contribution is 0.276. The van der Waals surface area contributed by atoms with E-state index >= 15 is 0 Å². The lowest BCUT2D eigenvalue weighted by Crippen LogP contribution is -2.36.